The van der Waals surface area contributed by atoms with Gasteiger partial charge in [-0.2, -0.15) is 5.10 Å². The van der Waals surface area contributed by atoms with E-state index in [0.29, 0.717) is 13.1 Å². The van der Waals surface area contributed by atoms with Crippen LogP contribution in [0.25, 0.3) is 0 Å². The molecular formula is C17H20FN3O2. The number of hydrogen-bond donors (Lipinski definition) is 0. The smallest absolute Gasteiger partial charge is 0.260 e. The molecule has 0 spiro atoms. The molecule has 3 rings (SSSR count). The Labute approximate surface area is 134 Å². The van der Waals surface area contributed by atoms with Crippen molar-refractivity contribution in [2.45, 2.75) is 18.8 Å². The number of hydrogen-bond acceptors (Lipinski definition) is 3. The van der Waals surface area contributed by atoms with E-state index in [2.05, 4.69) is 5.10 Å². The molecule has 2 heterocycles. The van der Waals surface area contributed by atoms with Gasteiger partial charge in [0.15, 0.2) is 18.2 Å². The van der Waals surface area contributed by atoms with Gasteiger partial charge in [0.1, 0.15) is 0 Å². The molecule has 0 N–H and O–H groups in total. The summed E-state index contributed by atoms with van der Waals surface area (Å²) >= 11 is 0. The van der Waals surface area contributed by atoms with E-state index in [1.807, 2.05) is 19.3 Å². The first-order valence-corrected chi connectivity index (χ1v) is 7.78. The molecule has 1 fully saturated rings. The molecule has 2 aromatic rings. The zero-order valence-electron chi connectivity index (χ0n) is 13.1. The minimum Gasteiger partial charge on any atom is -0.481 e. The van der Waals surface area contributed by atoms with Gasteiger partial charge in [-0.25, -0.2) is 4.39 Å². The Kier molecular flexibility index (Phi) is 4.60. The summed E-state index contributed by atoms with van der Waals surface area (Å²) in [5.74, 6) is -0.208. The third-order valence-corrected chi connectivity index (χ3v) is 4.11. The summed E-state index contributed by atoms with van der Waals surface area (Å²) < 4.78 is 20.6. The minimum atomic E-state index is -0.453. The van der Waals surface area contributed by atoms with Crippen LogP contribution >= 0.6 is 0 Å². The highest BCUT2D eigenvalue weighted by molar-refractivity contribution is 5.78. The van der Waals surface area contributed by atoms with Crippen LogP contribution in [0.2, 0.25) is 0 Å². The molecule has 5 nitrogen and oxygen atoms in total. The third-order valence-electron chi connectivity index (χ3n) is 4.11. The highest BCUT2D eigenvalue weighted by atomic mass is 19.1. The van der Waals surface area contributed by atoms with E-state index in [1.165, 1.54) is 12.1 Å². The second kappa shape index (κ2) is 6.81. The summed E-state index contributed by atoms with van der Waals surface area (Å²) in [6, 6.07) is 8.11. The largest absolute Gasteiger partial charge is 0.481 e. The van der Waals surface area contributed by atoms with Gasteiger partial charge in [0.05, 0.1) is 5.69 Å². The van der Waals surface area contributed by atoms with E-state index in [-0.39, 0.29) is 24.2 Å². The Morgan fingerprint density at radius 2 is 2.22 bits per heavy atom. The third kappa shape index (κ3) is 3.70. The fourth-order valence-electron chi connectivity index (χ4n) is 2.89. The maximum absolute atomic E-state index is 13.5. The molecule has 1 aliphatic rings. The van der Waals surface area contributed by atoms with Gasteiger partial charge in [-0.05, 0) is 31.0 Å². The molecule has 1 aliphatic heterocycles. The predicted molar refractivity (Wildman–Crippen MR) is 83.7 cm³/mol. The molecule has 1 aromatic carbocycles. The predicted octanol–water partition coefficient (Wildman–Crippen LogP) is 2.34. The molecule has 0 aliphatic carbocycles. The van der Waals surface area contributed by atoms with Gasteiger partial charge in [-0.1, -0.05) is 12.1 Å². The number of likely N-dealkylation sites (tertiary alicyclic amines) is 1. The van der Waals surface area contributed by atoms with Crippen LogP contribution in [0.1, 0.15) is 24.5 Å². The molecular weight excluding hydrogens is 297 g/mol. The van der Waals surface area contributed by atoms with E-state index >= 15 is 0 Å². The average molecular weight is 317 g/mol. The van der Waals surface area contributed by atoms with E-state index in [1.54, 1.807) is 21.7 Å². The van der Waals surface area contributed by atoms with Crippen LogP contribution in [0.4, 0.5) is 4.39 Å². The number of para-hydroxylation sites is 1. The van der Waals surface area contributed by atoms with Gasteiger partial charge in [0.2, 0.25) is 0 Å². The Morgan fingerprint density at radius 1 is 1.39 bits per heavy atom. The lowest BCUT2D eigenvalue weighted by Crippen LogP contribution is -2.41. The second-order valence-corrected chi connectivity index (χ2v) is 5.81. The van der Waals surface area contributed by atoms with Gasteiger partial charge in [0, 0.05) is 32.3 Å². The van der Waals surface area contributed by atoms with Crippen LogP contribution in [0.3, 0.4) is 0 Å². The van der Waals surface area contributed by atoms with E-state index in [4.69, 9.17) is 4.74 Å². The van der Waals surface area contributed by atoms with E-state index in [0.717, 1.165) is 18.5 Å². The molecule has 23 heavy (non-hydrogen) atoms. The number of rotatable bonds is 4. The van der Waals surface area contributed by atoms with E-state index < -0.39 is 5.82 Å². The Bertz CT molecular complexity index is 686. The van der Waals surface area contributed by atoms with Crippen LogP contribution in [-0.4, -0.2) is 40.3 Å². The fraction of sp³-hybridized carbons (Fsp3) is 0.412. The first kappa shape index (κ1) is 15.5. The van der Waals surface area contributed by atoms with Crippen LogP contribution in [0.15, 0.2) is 36.5 Å². The normalized spacial score (nSPS) is 18.0. The molecule has 1 saturated heterocycles. The molecule has 1 aromatic heterocycles. The Balaban J connectivity index is 1.58. The standard InChI is InChI=1S/C17H20FN3O2/c1-20-10-8-15(19-20)13-5-4-9-21(11-13)17(22)12-23-16-7-3-2-6-14(16)18/h2-3,6-8,10,13H,4-5,9,11-12H2,1H3/t13-/m0/s1. The molecule has 6 heteroatoms. The van der Waals surface area contributed by atoms with Crippen LogP contribution < -0.4 is 4.74 Å². The first-order valence-electron chi connectivity index (χ1n) is 7.78. The topological polar surface area (TPSA) is 47.4 Å². The zero-order chi connectivity index (χ0) is 16.2. The highest BCUT2D eigenvalue weighted by Gasteiger charge is 2.26. The summed E-state index contributed by atoms with van der Waals surface area (Å²) in [6.45, 7) is 1.20. The number of halogens is 1. The molecule has 1 amide bonds. The van der Waals surface area contributed by atoms with E-state index in [9.17, 15) is 9.18 Å². The SMILES string of the molecule is Cn1ccc([C@H]2CCCN(C(=O)COc3ccccc3F)C2)n1. The number of aryl methyl sites for hydroxylation is 1. The van der Waals surface area contributed by atoms with Crippen LogP contribution in [-0.2, 0) is 11.8 Å². The number of amides is 1. The highest BCUT2D eigenvalue weighted by Crippen LogP contribution is 2.25. The summed E-state index contributed by atoms with van der Waals surface area (Å²) in [4.78, 5) is 14.1. The number of ether oxygens (including phenoxy) is 1. The summed E-state index contributed by atoms with van der Waals surface area (Å²) in [7, 11) is 1.89. The minimum absolute atomic E-state index is 0.110. The lowest BCUT2D eigenvalue weighted by molar-refractivity contribution is -0.134. The zero-order valence-corrected chi connectivity index (χ0v) is 13.1. The number of aromatic nitrogens is 2. The summed E-state index contributed by atoms with van der Waals surface area (Å²) in [6.07, 6.45) is 3.87. The van der Waals surface area contributed by atoms with Crippen molar-refractivity contribution in [3.8, 4) is 5.75 Å². The van der Waals surface area contributed by atoms with Crippen molar-refractivity contribution in [2.75, 3.05) is 19.7 Å². The monoisotopic (exact) mass is 317 g/mol. The number of nitrogens with zero attached hydrogens (tertiary/aromatic N) is 3. The lowest BCUT2D eigenvalue weighted by atomic mass is 9.95. The second-order valence-electron chi connectivity index (χ2n) is 5.81. The van der Waals surface area contributed by atoms with Gasteiger partial charge in [0.25, 0.3) is 5.91 Å². The van der Waals surface area contributed by atoms with Gasteiger partial charge >= 0.3 is 0 Å². The number of carbonyl (C=O) groups excluding carboxylic acids is 1. The van der Waals surface area contributed by atoms with Gasteiger partial charge in [-0.15, -0.1) is 0 Å². The van der Waals surface area contributed by atoms with Gasteiger partial charge < -0.3 is 9.64 Å². The lowest BCUT2D eigenvalue weighted by Gasteiger charge is -2.32. The average Bonchev–Trinajstić information content (AvgIpc) is 3.00. The molecule has 0 saturated carbocycles. The molecule has 1 atom stereocenters. The molecule has 0 radical (unpaired) electrons. The maximum Gasteiger partial charge on any atom is 0.260 e. The van der Waals surface area contributed by atoms with Crippen molar-refractivity contribution >= 4 is 5.91 Å². The quantitative estimate of drug-likeness (QED) is 0.869. The summed E-state index contributed by atoms with van der Waals surface area (Å²) in [5.41, 5.74) is 1.01. The summed E-state index contributed by atoms with van der Waals surface area (Å²) in [5, 5.41) is 4.43. The van der Waals surface area contributed by atoms with Crippen molar-refractivity contribution in [1.82, 2.24) is 14.7 Å². The van der Waals surface area contributed by atoms with Crippen molar-refractivity contribution in [1.29, 1.82) is 0 Å². The number of benzene rings is 1. The van der Waals surface area contributed by atoms with Crippen LogP contribution in [0, 0.1) is 5.82 Å². The fourth-order valence-corrected chi connectivity index (χ4v) is 2.89. The van der Waals surface area contributed by atoms with Crippen molar-refractivity contribution in [3.63, 3.8) is 0 Å². The van der Waals surface area contributed by atoms with Crippen molar-refractivity contribution < 1.29 is 13.9 Å². The Morgan fingerprint density at radius 3 is 2.96 bits per heavy atom. The molecule has 0 bridgehead atoms. The molecule has 0 unspecified atom stereocenters. The molecule has 122 valence electrons. The first-order chi connectivity index (χ1) is 11.1. The van der Waals surface area contributed by atoms with Gasteiger partial charge in [-0.3, -0.25) is 9.48 Å². The van der Waals surface area contributed by atoms with Crippen molar-refractivity contribution in [2.24, 2.45) is 7.05 Å². The Hall–Kier alpha value is -2.37. The number of carbonyl (C=O) groups is 1. The van der Waals surface area contributed by atoms with Crippen molar-refractivity contribution in [3.05, 3.63) is 48.0 Å². The number of piperidine rings is 1. The maximum atomic E-state index is 13.5. The van der Waals surface area contributed by atoms with Crippen LogP contribution in [0.5, 0.6) is 5.75 Å².